The molecule has 3 aromatic rings. The fourth-order valence-electron chi connectivity index (χ4n) is 2.66. The molecule has 6 heteroatoms. The molecule has 0 aliphatic carbocycles. The van der Waals surface area contributed by atoms with Crippen LogP contribution < -0.4 is 9.47 Å². The smallest absolute Gasteiger partial charge is 0.254 e. The number of hydrogen-bond donors (Lipinski definition) is 0. The molecule has 5 nitrogen and oxygen atoms in total. The van der Waals surface area contributed by atoms with E-state index < -0.39 is 0 Å². The number of thiophene rings is 1. The Morgan fingerprint density at radius 3 is 2.46 bits per heavy atom. The van der Waals surface area contributed by atoms with Crippen molar-refractivity contribution in [2.75, 3.05) is 20.8 Å². The summed E-state index contributed by atoms with van der Waals surface area (Å²) in [4.78, 5) is 16.2. The van der Waals surface area contributed by atoms with Crippen LogP contribution in [0.1, 0.15) is 21.0 Å². The second kappa shape index (κ2) is 8.58. The molecular formula is C20H21NO4S. The molecule has 136 valence electrons. The van der Waals surface area contributed by atoms with Crippen LogP contribution in [-0.4, -0.2) is 31.6 Å². The van der Waals surface area contributed by atoms with Crippen LogP contribution in [-0.2, 0) is 13.0 Å². The van der Waals surface area contributed by atoms with Gasteiger partial charge in [-0.05, 0) is 42.1 Å². The monoisotopic (exact) mass is 371 g/mol. The fraction of sp³-hybridized carbons (Fsp3) is 0.250. The van der Waals surface area contributed by atoms with Crippen molar-refractivity contribution >= 4 is 17.2 Å². The summed E-state index contributed by atoms with van der Waals surface area (Å²) in [6, 6.07) is 13.0. The maximum atomic E-state index is 13.1. The normalized spacial score (nSPS) is 10.5. The molecule has 0 unspecified atom stereocenters. The number of nitrogens with zero attached hydrogens (tertiary/aromatic N) is 1. The van der Waals surface area contributed by atoms with Gasteiger partial charge in [-0.1, -0.05) is 6.07 Å². The summed E-state index contributed by atoms with van der Waals surface area (Å²) >= 11 is 1.69. The predicted molar refractivity (Wildman–Crippen MR) is 101 cm³/mol. The molecule has 0 saturated heterocycles. The van der Waals surface area contributed by atoms with Crippen molar-refractivity contribution in [2.24, 2.45) is 0 Å². The zero-order valence-corrected chi connectivity index (χ0v) is 15.6. The SMILES string of the molecule is COc1cc(OC)cc(C(=O)N(CCc2cccs2)Cc2ccco2)c1. The number of carbonyl (C=O) groups is 1. The van der Waals surface area contributed by atoms with Crippen LogP contribution >= 0.6 is 11.3 Å². The topological polar surface area (TPSA) is 51.9 Å². The van der Waals surface area contributed by atoms with Gasteiger partial charge < -0.3 is 18.8 Å². The number of methoxy groups -OCH3 is 2. The lowest BCUT2D eigenvalue weighted by atomic mass is 10.1. The van der Waals surface area contributed by atoms with E-state index in [-0.39, 0.29) is 5.91 Å². The zero-order chi connectivity index (χ0) is 18.4. The molecule has 0 N–H and O–H groups in total. The number of rotatable bonds is 8. The molecule has 0 aliphatic heterocycles. The standard InChI is InChI=1S/C20H21NO4S/c1-23-17-11-15(12-18(13-17)24-2)20(22)21(14-16-5-3-9-25-16)8-7-19-6-4-10-26-19/h3-6,9-13H,7-8,14H2,1-2H3. The fourth-order valence-corrected chi connectivity index (χ4v) is 3.35. The van der Waals surface area contributed by atoms with Crippen molar-refractivity contribution in [1.29, 1.82) is 0 Å². The number of ether oxygens (including phenoxy) is 2. The van der Waals surface area contributed by atoms with Crippen LogP contribution in [0.2, 0.25) is 0 Å². The molecule has 0 radical (unpaired) electrons. The Kier molecular flexibility index (Phi) is 5.96. The minimum absolute atomic E-state index is 0.0878. The summed E-state index contributed by atoms with van der Waals surface area (Å²) in [5.41, 5.74) is 0.527. The lowest BCUT2D eigenvalue weighted by molar-refractivity contribution is 0.0733. The first-order chi connectivity index (χ1) is 12.7. The van der Waals surface area contributed by atoms with Crippen LogP contribution in [0.25, 0.3) is 0 Å². The highest BCUT2D eigenvalue weighted by Gasteiger charge is 2.19. The van der Waals surface area contributed by atoms with Gasteiger partial charge in [-0.3, -0.25) is 4.79 Å². The van der Waals surface area contributed by atoms with E-state index in [9.17, 15) is 4.79 Å². The van der Waals surface area contributed by atoms with Gasteiger partial charge in [0.05, 0.1) is 27.0 Å². The third-order valence-corrected chi connectivity index (χ3v) is 4.96. The van der Waals surface area contributed by atoms with Gasteiger partial charge in [0, 0.05) is 23.1 Å². The second-order valence-electron chi connectivity index (χ2n) is 5.74. The lowest BCUT2D eigenvalue weighted by Gasteiger charge is -2.22. The second-order valence-corrected chi connectivity index (χ2v) is 6.77. The molecule has 2 heterocycles. The van der Waals surface area contributed by atoms with Gasteiger partial charge in [0.2, 0.25) is 0 Å². The van der Waals surface area contributed by atoms with Crippen LogP contribution in [0.3, 0.4) is 0 Å². The van der Waals surface area contributed by atoms with E-state index in [0.29, 0.717) is 30.2 Å². The molecule has 1 amide bonds. The highest BCUT2D eigenvalue weighted by Crippen LogP contribution is 2.24. The van der Waals surface area contributed by atoms with Crippen molar-refractivity contribution in [3.05, 3.63) is 70.3 Å². The Labute approximate surface area is 156 Å². The summed E-state index contributed by atoms with van der Waals surface area (Å²) in [5, 5.41) is 2.04. The quantitative estimate of drug-likeness (QED) is 0.594. The molecule has 0 saturated carbocycles. The molecule has 2 aromatic heterocycles. The van der Waals surface area contributed by atoms with E-state index in [0.717, 1.165) is 12.2 Å². The first-order valence-electron chi connectivity index (χ1n) is 8.26. The van der Waals surface area contributed by atoms with Crippen molar-refractivity contribution in [3.63, 3.8) is 0 Å². The van der Waals surface area contributed by atoms with E-state index in [2.05, 4.69) is 6.07 Å². The van der Waals surface area contributed by atoms with Gasteiger partial charge in [0.15, 0.2) is 0 Å². The number of carbonyl (C=O) groups excluding carboxylic acids is 1. The summed E-state index contributed by atoms with van der Waals surface area (Å²) in [6.07, 6.45) is 2.41. The van der Waals surface area contributed by atoms with Crippen LogP contribution in [0.5, 0.6) is 11.5 Å². The van der Waals surface area contributed by atoms with Gasteiger partial charge in [-0.25, -0.2) is 0 Å². The van der Waals surface area contributed by atoms with E-state index in [1.807, 2.05) is 23.6 Å². The average Bonchev–Trinajstić information content (AvgIpc) is 3.37. The Hall–Kier alpha value is -2.73. The van der Waals surface area contributed by atoms with Gasteiger partial charge in [-0.2, -0.15) is 0 Å². The van der Waals surface area contributed by atoms with Crippen molar-refractivity contribution in [2.45, 2.75) is 13.0 Å². The van der Waals surface area contributed by atoms with E-state index in [4.69, 9.17) is 13.9 Å². The molecule has 0 fully saturated rings. The molecule has 3 rings (SSSR count). The highest BCUT2D eigenvalue weighted by atomic mass is 32.1. The van der Waals surface area contributed by atoms with Crippen molar-refractivity contribution in [3.8, 4) is 11.5 Å². The average molecular weight is 371 g/mol. The van der Waals surface area contributed by atoms with E-state index in [1.54, 1.807) is 54.9 Å². The van der Waals surface area contributed by atoms with Crippen LogP contribution in [0, 0.1) is 0 Å². The molecule has 0 aliphatic rings. The molecular weight excluding hydrogens is 350 g/mol. The largest absolute Gasteiger partial charge is 0.497 e. The Bertz CT molecular complexity index is 805. The zero-order valence-electron chi connectivity index (χ0n) is 14.8. The van der Waals surface area contributed by atoms with E-state index in [1.165, 1.54) is 4.88 Å². The Balaban J connectivity index is 1.83. The summed E-state index contributed by atoms with van der Waals surface area (Å²) in [7, 11) is 3.14. The Morgan fingerprint density at radius 1 is 1.12 bits per heavy atom. The summed E-state index contributed by atoms with van der Waals surface area (Å²) in [5.74, 6) is 1.84. The van der Waals surface area contributed by atoms with E-state index >= 15 is 0 Å². The minimum Gasteiger partial charge on any atom is -0.497 e. The summed E-state index contributed by atoms with van der Waals surface area (Å²) in [6.45, 7) is 1.01. The number of amides is 1. The molecule has 0 atom stereocenters. The first kappa shape index (κ1) is 18.1. The van der Waals surface area contributed by atoms with Crippen LogP contribution in [0.4, 0.5) is 0 Å². The third kappa shape index (κ3) is 4.46. The van der Waals surface area contributed by atoms with Gasteiger partial charge >= 0.3 is 0 Å². The Morgan fingerprint density at radius 2 is 1.88 bits per heavy atom. The minimum atomic E-state index is -0.0878. The lowest BCUT2D eigenvalue weighted by Crippen LogP contribution is -2.32. The van der Waals surface area contributed by atoms with Crippen LogP contribution in [0.15, 0.2) is 58.5 Å². The highest BCUT2D eigenvalue weighted by molar-refractivity contribution is 7.09. The predicted octanol–water partition coefficient (Wildman–Crippen LogP) is 4.24. The number of hydrogen-bond acceptors (Lipinski definition) is 5. The number of benzene rings is 1. The van der Waals surface area contributed by atoms with Crippen molar-refractivity contribution < 1.29 is 18.7 Å². The van der Waals surface area contributed by atoms with Crippen molar-refractivity contribution in [1.82, 2.24) is 4.90 Å². The molecule has 1 aromatic carbocycles. The van der Waals surface area contributed by atoms with Gasteiger partial charge in [0.1, 0.15) is 17.3 Å². The maximum absolute atomic E-state index is 13.1. The molecule has 0 bridgehead atoms. The third-order valence-electron chi connectivity index (χ3n) is 4.02. The molecule has 26 heavy (non-hydrogen) atoms. The van der Waals surface area contributed by atoms with Gasteiger partial charge in [-0.15, -0.1) is 11.3 Å². The maximum Gasteiger partial charge on any atom is 0.254 e. The number of furan rings is 1. The van der Waals surface area contributed by atoms with Gasteiger partial charge in [0.25, 0.3) is 5.91 Å². The first-order valence-corrected chi connectivity index (χ1v) is 9.14. The summed E-state index contributed by atoms with van der Waals surface area (Å²) < 4.78 is 16.0. The molecule has 0 spiro atoms.